The van der Waals surface area contributed by atoms with Crippen molar-refractivity contribution in [2.24, 2.45) is 16.9 Å². The molecule has 3 unspecified atom stereocenters. The molecule has 1 fully saturated rings. The Morgan fingerprint density at radius 3 is 2.59 bits per heavy atom. The zero-order chi connectivity index (χ0) is 19.2. The van der Waals surface area contributed by atoms with Gasteiger partial charge in [0, 0.05) is 11.3 Å². The smallest absolute Gasteiger partial charge is 0.392 e. The largest absolute Gasteiger partial charge is 0.476 e. The monoisotopic (exact) mass is 395 g/mol. The van der Waals surface area contributed by atoms with Crippen molar-refractivity contribution in [1.29, 1.82) is 0 Å². The van der Waals surface area contributed by atoms with Gasteiger partial charge in [0.25, 0.3) is 0 Å². The predicted molar refractivity (Wildman–Crippen MR) is 95.2 cm³/mol. The van der Waals surface area contributed by atoms with Crippen LogP contribution in [0.5, 0.6) is 0 Å². The maximum atomic E-state index is 13.7. The maximum Gasteiger partial charge on any atom is 0.392 e. The Kier molecular flexibility index (Phi) is 4.41. The fourth-order valence-electron chi connectivity index (χ4n) is 3.96. The van der Waals surface area contributed by atoms with Crippen LogP contribution in [0.2, 0.25) is 0 Å². The minimum atomic E-state index is -4.32. The van der Waals surface area contributed by atoms with E-state index < -0.39 is 30.0 Å². The topological polar surface area (TPSA) is 65.8 Å². The number of carboxylic acids is 1. The van der Waals surface area contributed by atoms with Crippen molar-refractivity contribution in [3.05, 3.63) is 47.0 Å². The first kappa shape index (κ1) is 18.0. The Bertz CT molecular complexity index is 881. The highest BCUT2D eigenvalue weighted by molar-refractivity contribution is 7.13. The number of hydrogen-bond acceptors (Lipinski definition) is 5. The van der Waals surface area contributed by atoms with E-state index in [0.717, 1.165) is 11.3 Å². The van der Waals surface area contributed by atoms with Gasteiger partial charge in [0.05, 0.1) is 17.7 Å². The summed E-state index contributed by atoms with van der Waals surface area (Å²) in [4.78, 5) is 15.2. The van der Waals surface area contributed by atoms with E-state index in [0.29, 0.717) is 29.2 Å². The molecule has 1 aliphatic heterocycles. The second-order valence-corrected chi connectivity index (χ2v) is 7.53. The molecule has 1 saturated carbocycles. The van der Waals surface area contributed by atoms with Crippen LogP contribution in [0.4, 0.5) is 18.3 Å². The van der Waals surface area contributed by atoms with Gasteiger partial charge in [-0.2, -0.15) is 18.3 Å². The molecule has 4 rings (SSSR count). The fraction of sp³-hybridized carbons (Fsp3) is 0.389. The highest BCUT2D eigenvalue weighted by atomic mass is 32.1. The van der Waals surface area contributed by atoms with Crippen molar-refractivity contribution in [1.82, 2.24) is 4.98 Å². The number of alkyl halides is 3. The van der Waals surface area contributed by atoms with Crippen LogP contribution < -0.4 is 5.01 Å². The number of hydrazone groups is 1. The summed E-state index contributed by atoms with van der Waals surface area (Å²) in [7, 11) is 0. The summed E-state index contributed by atoms with van der Waals surface area (Å²) in [5, 5.41) is 16.8. The molecule has 1 aromatic carbocycles. The summed E-state index contributed by atoms with van der Waals surface area (Å²) in [5.74, 6) is -3.44. The van der Waals surface area contributed by atoms with Gasteiger partial charge in [0.15, 0.2) is 5.69 Å². The average molecular weight is 395 g/mol. The van der Waals surface area contributed by atoms with Crippen molar-refractivity contribution in [3.63, 3.8) is 0 Å². The molecular weight excluding hydrogens is 379 g/mol. The SMILES string of the molecule is O=C(O)c1csc(N2N=C(c3ccccc3)C3C2CCCC3C(F)(F)F)n1. The van der Waals surface area contributed by atoms with Gasteiger partial charge in [-0.3, -0.25) is 0 Å². The van der Waals surface area contributed by atoms with Gasteiger partial charge in [0.1, 0.15) is 0 Å². The number of aromatic nitrogens is 1. The van der Waals surface area contributed by atoms with Crippen LogP contribution in [-0.2, 0) is 0 Å². The zero-order valence-electron chi connectivity index (χ0n) is 14.1. The minimum Gasteiger partial charge on any atom is -0.476 e. The molecule has 9 heteroatoms. The molecule has 3 atom stereocenters. The third-order valence-corrected chi connectivity index (χ3v) is 5.94. The molecule has 142 valence electrons. The number of rotatable bonds is 3. The standard InChI is InChI=1S/C18H16F3N3O2S/c19-18(20,21)11-7-4-8-13-14(11)15(10-5-2-1-3-6-10)23-24(13)17-22-12(9-27-17)16(25)26/h1-3,5-6,9,11,13-14H,4,7-8H2,(H,25,26). The number of nitrogens with zero attached hydrogens (tertiary/aromatic N) is 3. The van der Waals surface area contributed by atoms with Crippen LogP contribution in [0.25, 0.3) is 0 Å². The first-order valence-electron chi connectivity index (χ1n) is 8.55. The second kappa shape index (κ2) is 6.63. The summed E-state index contributed by atoms with van der Waals surface area (Å²) in [6, 6.07) is 8.38. The average Bonchev–Trinajstić information content (AvgIpc) is 3.26. The molecule has 0 radical (unpaired) electrons. The van der Waals surface area contributed by atoms with Gasteiger partial charge in [-0.25, -0.2) is 14.8 Å². The molecular formula is C18H16F3N3O2S. The molecule has 1 N–H and O–H groups in total. The van der Waals surface area contributed by atoms with Crippen molar-refractivity contribution in [2.45, 2.75) is 31.5 Å². The van der Waals surface area contributed by atoms with Crippen LogP contribution >= 0.6 is 11.3 Å². The van der Waals surface area contributed by atoms with E-state index >= 15 is 0 Å². The second-order valence-electron chi connectivity index (χ2n) is 6.69. The third-order valence-electron chi connectivity index (χ3n) is 5.11. The summed E-state index contributed by atoms with van der Waals surface area (Å²) in [5.41, 5.74) is 0.925. The Labute approximate surface area is 157 Å². The van der Waals surface area contributed by atoms with Crippen LogP contribution in [-0.4, -0.2) is 34.0 Å². The molecule has 0 saturated heterocycles. The van der Waals surface area contributed by atoms with E-state index in [9.17, 15) is 18.0 Å². The van der Waals surface area contributed by atoms with Crippen LogP contribution in [0.1, 0.15) is 35.3 Å². The fourth-order valence-corrected chi connectivity index (χ4v) is 4.76. The molecule has 0 spiro atoms. The highest BCUT2D eigenvalue weighted by Crippen LogP contribution is 2.48. The number of aromatic carboxylic acids is 1. The van der Waals surface area contributed by atoms with Gasteiger partial charge < -0.3 is 5.11 Å². The van der Waals surface area contributed by atoms with Crippen molar-refractivity contribution >= 4 is 28.1 Å². The molecule has 2 aromatic rings. The van der Waals surface area contributed by atoms with Crippen LogP contribution in [0.3, 0.4) is 0 Å². The van der Waals surface area contributed by atoms with Crippen LogP contribution in [0, 0.1) is 11.8 Å². The summed E-state index contributed by atoms with van der Waals surface area (Å²) in [6.07, 6.45) is -3.25. The number of fused-ring (bicyclic) bond motifs is 1. The molecule has 0 bridgehead atoms. The van der Waals surface area contributed by atoms with E-state index in [2.05, 4.69) is 10.1 Å². The van der Waals surface area contributed by atoms with E-state index in [-0.39, 0.29) is 12.1 Å². The Morgan fingerprint density at radius 1 is 1.22 bits per heavy atom. The summed E-state index contributed by atoms with van der Waals surface area (Å²) < 4.78 is 41.2. The zero-order valence-corrected chi connectivity index (χ0v) is 14.9. The number of benzene rings is 1. The van der Waals surface area contributed by atoms with E-state index in [1.165, 1.54) is 10.4 Å². The molecule has 2 heterocycles. The first-order chi connectivity index (χ1) is 12.9. The van der Waals surface area contributed by atoms with Gasteiger partial charge in [-0.1, -0.05) is 36.8 Å². The Morgan fingerprint density at radius 2 is 1.96 bits per heavy atom. The van der Waals surface area contributed by atoms with E-state index in [4.69, 9.17) is 5.11 Å². The summed E-state index contributed by atoms with van der Waals surface area (Å²) in [6.45, 7) is 0. The molecule has 1 aliphatic carbocycles. The van der Waals surface area contributed by atoms with E-state index in [1.54, 1.807) is 30.3 Å². The van der Waals surface area contributed by atoms with E-state index in [1.807, 2.05) is 0 Å². The van der Waals surface area contributed by atoms with Gasteiger partial charge in [-0.05, 0) is 18.4 Å². The Hall–Kier alpha value is -2.42. The van der Waals surface area contributed by atoms with Crippen molar-refractivity contribution in [3.8, 4) is 0 Å². The normalized spacial score (nSPS) is 25.2. The minimum absolute atomic E-state index is 0.0720. The number of anilines is 1. The first-order valence-corrected chi connectivity index (χ1v) is 9.43. The van der Waals surface area contributed by atoms with Crippen LogP contribution in [0.15, 0.2) is 40.8 Å². The lowest BCUT2D eigenvalue weighted by Gasteiger charge is -2.37. The summed E-state index contributed by atoms with van der Waals surface area (Å²) >= 11 is 1.08. The number of halogens is 3. The number of thiazole rings is 1. The lowest BCUT2D eigenvalue weighted by Crippen LogP contribution is -2.46. The maximum absolute atomic E-state index is 13.7. The molecule has 27 heavy (non-hydrogen) atoms. The lowest BCUT2D eigenvalue weighted by molar-refractivity contribution is -0.189. The lowest BCUT2D eigenvalue weighted by atomic mass is 9.72. The highest BCUT2D eigenvalue weighted by Gasteiger charge is 2.55. The van der Waals surface area contributed by atoms with Gasteiger partial charge in [-0.15, -0.1) is 11.3 Å². The molecule has 5 nitrogen and oxygen atoms in total. The molecule has 1 aromatic heterocycles. The number of hydrogen-bond donors (Lipinski definition) is 1. The quantitative estimate of drug-likeness (QED) is 0.836. The number of carbonyl (C=O) groups is 1. The molecule has 2 aliphatic rings. The predicted octanol–water partition coefficient (Wildman–Crippen LogP) is 4.41. The van der Waals surface area contributed by atoms with Crippen molar-refractivity contribution < 1.29 is 23.1 Å². The van der Waals surface area contributed by atoms with Gasteiger partial charge in [0.2, 0.25) is 5.13 Å². The molecule has 0 amide bonds. The Balaban J connectivity index is 1.79. The van der Waals surface area contributed by atoms with Gasteiger partial charge >= 0.3 is 12.1 Å². The third kappa shape index (κ3) is 3.20. The number of carboxylic acid groups (broad SMARTS) is 1. The van der Waals surface area contributed by atoms with Crippen molar-refractivity contribution in [2.75, 3.05) is 5.01 Å².